The third-order valence-electron chi connectivity index (χ3n) is 1.19. The molecule has 0 amide bonds. The van der Waals surface area contributed by atoms with E-state index in [0.29, 0.717) is 6.42 Å². The van der Waals surface area contributed by atoms with Gasteiger partial charge in [-0.05, 0) is 0 Å². The summed E-state index contributed by atoms with van der Waals surface area (Å²) in [6.07, 6.45) is 0.354. The molecule has 0 aliphatic carbocycles. The van der Waals surface area contributed by atoms with Crippen LogP contribution in [-0.4, -0.2) is 22.6 Å². The third kappa shape index (κ3) is 1.89. The Morgan fingerprint density at radius 1 is 1.70 bits per heavy atom. The molecule has 1 aliphatic heterocycles. The fraction of sp³-hybridized carbons (Fsp3) is 1.00. The summed E-state index contributed by atoms with van der Waals surface area (Å²) in [5.74, 6) is 0. The molecule has 2 atom stereocenters. The highest BCUT2D eigenvalue weighted by Crippen LogP contribution is 2.17. The first kappa shape index (κ1) is 7.90. The van der Waals surface area contributed by atoms with Crippen LogP contribution in [0.4, 0.5) is 0 Å². The second kappa shape index (κ2) is 3.27. The zero-order valence-corrected chi connectivity index (χ0v) is 6.61. The van der Waals surface area contributed by atoms with Crippen LogP contribution in [0.5, 0.6) is 0 Å². The Labute approximate surface area is 65.5 Å². The molecule has 0 aromatic heterocycles. The van der Waals surface area contributed by atoms with Crippen molar-refractivity contribution in [1.29, 1.82) is 0 Å². The predicted molar refractivity (Wildman–Crippen MR) is 35.2 cm³/mol. The van der Waals surface area contributed by atoms with Crippen LogP contribution in [-0.2, 0) is 9.78 Å². The van der Waals surface area contributed by atoms with Crippen molar-refractivity contribution >= 4 is 15.9 Å². The van der Waals surface area contributed by atoms with Gasteiger partial charge in [-0.2, -0.15) is 0 Å². The van der Waals surface area contributed by atoms with Crippen LogP contribution in [0, 0.1) is 10.1 Å². The standard InChI is InChI=1S/C4H6BrNO4/c5-4-1-3(6(7)8)2-9-10-4/h3-4H,1-2H2. The first-order valence-electron chi connectivity index (χ1n) is 2.76. The van der Waals surface area contributed by atoms with Gasteiger partial charge in [0.15, 0.2) is 5.01 Å². The second-order valence-electron chi connectivity index (χ2n) is 1.97. The lowest BCUT2D eigenvalue weighted by Gasteiger charge is -2.18. The van der Waals surface area contributed by atoms with Gasteiger partial charge in [0.25, 0.3) is 0 Å². The summed E-state index contributed by atoms with van der Waals surface area (Å²) in [7, 11) is 0. The monoisotopic (exact) mass is 211 g/mol. The van der Waals surface area contributed by atoms with Crippen LogP contribution >= 0.6 is 15.9 Å². The Balaban J connectivity index is 2.39. The van der Waals surface area contributed by atoms with Crippen LogP contribution in [0.25, 0.3) is 0 Å². The zero-order chi connectivity index (χ0) is 7.56. The van der Waals surface area contributed by atoms with Crippen molar-refractivity contribution in [2.75, 3.05) is 6.61 Å². The van der Waals surface area contributed by atoms with Crippen molar-refractivity contribution in [3.63, 3.8) is 0 Å². The average Bonchev–Trinajstić information content (AvgIpc) is 1.88. The van der Waals surface area contributed by atoms with Gasteiger partial charge in [-0.25, -0.2) is 9.78 Å². The van der Waals surface area contributed by atoms with Gasteiger partial charge in [0.05, 0.1) is 6.42 Å². The van der Waals surface area contributed by atoms with Crippen LogP contribution in [0.2, 0.25) is 0 Å². The Kier molecular flexibility index (Phi) is 2.58. The van der Waals surface area contributed by atoms with Crippen LogP contribution in [0.1, 0.15) is 6.42 Å². The first-order chi connectivity index (χ1) is 4.70. The number of hydrogen-bond donors (Lipinski definition) is 0. The number of alkyl halides is 1. The van der Waals surface area contributed by atoms with E-state index >= 15 is 0 Å². The van der Waals surface area contributed by atoms with Gasteiger partial charge in [0.2, 0.25) is 6.04 Å². The molecule has 0 aromatic rings. The molecule has 1 saturated heterocycles. The molecule has 6 heteroatoms. The highest BCUT2D eigenvalue weighted by Gasteiger charge is 2.30. The van der Waals surface area contributed by atoms with Crippen molar-refractivity contribution in [1.82, 2.24) is 0 Å². The Bertz CT molecular complexity index is 141. The quantitative estimate of drug-likeness (QED) is 0.278. The van der Waals surface area contributed by atoms with Crippen molar-refractivity contribution in [3.8, 4) is 0 Å². The van der Waals surface area contributed by atoms with Gasteiger partial charge in [0.1, 0.15) is 6.61 Å². The molecule has 2 unspecified atom stereocenters. The number of hydrogen-bond acceptors (Lipinski definition) is 4. The summed E-state index contributed by atoms with van der Waals surface area (Å²) in [5, 5.41) is 9.80. The van der Waals surface area contributed by atoms with E-state index in [1.165, 1.54) is 0 Å². The first-order valence-corrected chi connectivity index (χ1v) is 3.67. The second-order valence-corrected chi connectivity index (χ2v) is 2.99. The third-order valence-corrected chi connectivity index (χ3v) is 1.71. The lowest BCUT2D eigenvalue weighted by Crippen LogP contribution is -2.34. The number of nitrogens with zero attached hydrogens (tertiary/aromatic N) is 1. The maximum Gasteiger partial charge on any atom is 0.242 e. The summed E-state index contributed by atoms with van der Waals surface area (Å²) >= 11 is 3.05. The van der Waals surface area contributed by atoms with E-state index in [0.717, 1.165) is 0 Å². The van der Waals surface area contributed by atoms with Gasteiger partial charge in [0, 0.05) is 4.92 Å². The van der Waals surface area contributed by atoms with E-state index in [2.05, 4.69) is 25.7 Å². The Hall–Kier alpha value is -0.200. The van der Waals surface area contributed by atoms with E-state index < -0.39 is 6.04 Å². The van der Waals surface area contributed by atoms with Crippen molar-refractivity contribution in [3.05, 3.63) is 10.1 Å². The van der Waals surface area contributed by atoms with Crippen LogP contribution in [0.3, 0.4) is 0 Å². The van der Waals surface area contributed by atoms with Crippen LogP contribution < -0.4 is 0 Å². The lowest BCUT2D eigenvalue weighted by atomic mass is 10.2. The molecule has 1 heterocycles. The van der Waals surface area contributed by atoms with Gasteiger partial charge in [-0.1, -0.05) is 15.9 Å². The van der Waals surface area contributed by atoms with Gasteiger partial charge < -0.3 is 0 Å². The molecule has 0 saturated carbocycles. The normalized spacial score (nSPS) is 33.7. The highest BCUT2D eigenvalue weighted by atomic mass is 79.9. The smallest absolute Gasteiger partial charge is 0.242 e. The number of rotatable bonds is 1. The van der Waals surface area contributed by atoms with Crippen molar-refractivity contribution in [2.45, 2.75) is 17.5 Å². The minimum absolute atomic E-state index is 0.0368. The van der Waals surface area contributed by atoms with Crippen LogP contribution in [0.15, 0.2) is 0 Å². The topological polar surface area (TPSA) is 61.6 Å². The Morgan fingerprint density at radius 3 is 2.80 bits per heavy atom. The fourth-order valence-corrected chi connectivity index (χ4v) is 1.20. The summed E-state index contributed by atoms with van der Waals surface area (Å²) in [5.41, 5.74) is 0. The van der Waals surface area contributed by atoms with E-state index in [4.69, 9.17) is 0 Å². The van der Waals surface area contributed by atoms with E-state index in [1.807, 2.05) is 0 Å². The maximum atomic E-state index is 10.1. The summed E-state index contributed by atoms with van der Waals surface area (Å²) in [4.78, 5) is 18.8. The molecule has 58 valence electrons. The molecule has 1 aliphatic rings. The molecule has 0 spiro atoms. The summed E-state index contributed by atoms with van der Waals surface area (Å²) < 4.78 is 0. The largest absolute Gasteiger partial charge is 0.264 e. The summed E-state index contributed by atoms with van der Waals surface area (Å²) in [6.45, 7) is 0.0368. The molecule has 0 aromatic carbocycles. The maximum absolute atomic E-state index is 10.1. The minimum Gasteiger partial charge on any atom is -0.264 e. The average molecular weight is 212 g/mol. The molecular formula is C4H6BrNO4. The molecule has 5 nitrogen and oxygen atoms in total. The minimum atomic E-state index is -0.641. The molecule has 10 heavy (non-hydrogen) atoms. The van der Waals surface area contributed by atoms with E-state index in [9.17, 15) is 10.1 Å². The Morgan fingerprint density at radius 2 is 2.40 bits per heavy atom. The number of nitro groups is 1. The van der Waals surface area contributed by atoms with Gasteiger partial charge in [-0.3, -0.25) is 10.1 Å². The molecule has 0 radical (unpaired) electrons. The van der Waals surface area contributed by atoms with Crippen molar-refractivity contribution in [2.24, 2.45) is 0 Å². The zero-order valence-electron chi connectivity index (χ0n) is 5.03. The van der Waals surface area contributed by atoms with Gasteiger partial charge >= 0.3 is 0 Å². The van der Waals surface area contributed by atoms with Gasteiger partial charge in [-0.15, -0.1) is 0 Å². The molecule has 0 N–H and O–H groups in total. The number of halogens is 1. The molecule has 1 fully saturated rings. The van der Waals surface area contributed by atoms with E-state index in [-0.39, 0.29) is 16.5 Å². The molecule has 0 bridgehead atoms. The van der Waals surface area contributed by atoms with E-state index in [1.54, 1.807) is 0 Å². The lowest BCUT2D eigenvalue weighted by molar-refractivity contribution is -0.551. The predicted octanol–water partition coefficient (Wildman–Crippen LogP) is 0.705. The molecule has 1 rings (SSSR count). The summed E-state index contributed by atoms with van der Waals surface area (Å²) in [6, 6.07) is -0.641. The fourth-order valence-electron chi connectivity index (χ4n) is 0.660. The van der Waals surface area contributed by atoms with Crippen molar-refractivity contribution < 1.29 is 14.7 Å². The molecular weight excluding hydrogens is 206 g/mol. The SMILES string of the molecule is O=[N+]([O-])C1COOC(Br)C1. The highest BCUT2D eigenvalue weighted by molar-refractivity contribution is 9.09.